The third-order valence-corrected chi connectivity index (χ3v) is 6.32. The lowest BCUT2D eigenvalue weighted by molar-refractivity contribution is -0.117. The molecule has 3 N–H and O–H groups in total. The molecule has 2 aromatic rings. The number of rotatable bonds is 5. The fraction of sp³-hybridized carbons (Fsp3) is 0.316. The first-order chi connectivity index (χ1) is 12.9. The van der Waals surface area contributed by atoms with Crippen molar-refractivity contribution in [2.45, 2.75) is 17.9 Å². The molecule has 1 saturated heterocycles. The summed E-state index contributed by atoms with van der Waals surface area (Å²) < 4.78 is 32.1. The van der Waals surface area contributed by atoms with E-state index in [9.17, 15) is 13.2 Å². The molecule has 0 aliphatic carbocycles. The van der Waals surface area contributed by atoms with Crippen LogP contribution in [0.15, 0.2) is 53.4 Å². The Labute approximate surface area is 159 Å². The van der Waals surface area contributed by atoms with Crippen molar-refractivity contribution < 1.29 is 17.9 Å². The van der Waals surface area contributed by atoms with Crippen LogP contribution in [-0.2, 0) is 19.6 Å². The summed E-state index contributed by atoms with van der Waals surface area (Å²) >= 11 is 0. The van der Waals surface area contributed by atoms with Gasteiger partial charge in [0.05, 0.1) is 18.1 Å². The third kappa shape index (κ3) is 4.54. The molecule has 3 rings (SSSR count). The van der Waals surface area contributed by atoms with E-state index in [2.05, 4.69) is 5.32 Å². The maximum absolute atomic E-state index is 12.7. The second-order valence-corrected chi connectivity index (χ2v) is 8.36. The van der Waals surface area contributed by atoms with Gasteiger partial charge in [0.25, 0.3) is 0 Å². The van der Waals surface area contributed by atoms with Crippen LogP contribution in [0.25, 0.3) is 0 Å². The van der Waals surface area contributed by atoms with E-state index >= 15 is 0 Å². The summed E-state index contributed by atoms with van der Waals surface area (Å²) in [5.74, 6) is -0.403. The van der Waals surface area contributed by atoms with Crippen molar-refractivity contribution >= 4 is 21.6 Å². The molecule has 1 atom stereocenters. The SMILES string of the molecule is Cc1ccc(C(N)C(=O)Nc2cccc(S(=O)(=O)N3CCOCC3)c2)cc1. The summed E-state index contributed by atoms with van der Waals surface area (Å²) in [7, 11) is -3.63. The number of benzene rings is 2. The van der Waals surface area contributed by atoms with Crippen LogP contribution in [0.1, 0.15) is 17.2 Å². The topological polar surface area (TPSA) is 102 Å². The molecule has 27 heavy (non-hydrogen) atoms. The van der Waals surface area contributed by atoms with E-state index in [0.717, 1.165) is 5.56 Å². The van der Waals surface area contributed by atoms with Crippen LogP contribution in [0.2, 0.25) is 0 Å². The van der Waals surface area contributed by atoms with Gasteiger partial charge in [-0.25, -0.2) is 8.42 Å². The van der Waals surface area contributed by atoms with Gasteiger partial charge in [-0.15, -0.1) is 0 Å². The first-order valence-electron chi connectivity index (χ1n) is 8.69. The van der Waals surface area contributed by atoms with E-state index in [-0.39, 0.29) is 4.90 Å². The molecule has 0 aromatic heterocycles. The van der Waals surface area contributed by atoms with Crippen molar-refractivity contribution in [3.63, 3.8) is 0 Å². The molecular weight excluding hydrogens is 366 g/mol. The van der Waals surface area contributed by atoms with Crippen LogP contribution in [0, 0.1) is 6.92 Å². The predicted octanol–water partition coefficient (Wildman–Crippen LogP) is 1.65. The monoisotopic (exact) mass is 389 g/mol. The first-order valence-corrected chi connectivity index (χ1v) is 10.1. The van der Waals surface area contributed by atoms with Crippen molar-refractivity contribution in [2.24, 2.45) is 5.73 Å². The maximum atomic E-state index is 12.7. The summed E-state index contributed by atoms with van der Waals surface area (Å²) in [5, 5.41) is 2.70. The molecule has 1 aliphatic heterocycles. The number of nitrogens with one attached hydrogen (secondary N) is 1. The largest absolute Gasteiger partial charge is 0.379 e. The highest BCUT2D eigenvalue weighted by molar-refractivity contribution is 7.89. The molecule has 7 nitrogen and oxygen atoms in total. The van der Waals surface area contributed by atoms with Crippen LogP contribution in [-0.4, -0.2) is 44.9 Å². The number of morpholine rings is 1. The normalized spacial score (nSPS) is 16.7. The van der Waals surface area contributed by atoms with Crippen molar-refractivity contribution in [1.82, 2.24) is 4.31 Å². The fourth-order valence-electron chi connectivity index (χ4n) is 2.82. The summed E-state index contributed by atoms with van der Waals surface area (Å²) in [6.07, 6.45) is 0. The van der Waals surface area contributed by atoms with Gasteiger partial charge in [-0.2, -0.15) is 4.31 Å². The zero-order chi connectivity index (χ0) is 19.4. The number of sulfonamides is 1. The molecule has 1 aliphatic rings. The van der Waals surface area contributed by atoms with Gasteiger partial charge in [-0.3, -0.25) is 4.79 Å². The molecule has 144 valence electrons. The number of carbonyl (C=O) groups excluding carboxylic acids is 1. The van der Waals surface area contributed by atoms with Crippen molar-refractivity contribution in [3.8, 4) is 0 Å². The Morgan fingerprint density at radius 3 is 2.48 bits per heavy atom. The third-order valence-electron chi connectivity index (χ3n) is 4.43. The van der Waals surface area contributed by atoms with Crippen LogP contribution >= 0.6 is 0 Å². The zero-order valence-corrected chi connectivity index (χ0v) is 15.9. The summed E-state index contributed by atoms with van der Waals surface area (Å²) in [5.41, 5.74) is 8.18. The average molecular weight is 389 g/mol. The van der Waals surface area contributed by atoms with Gasteiger partial charge in [0, 0.05) is 18.8 Å². The van der Waals surface area contributed by atoms with Gasteiger partial charge in [0.2, 0.25) is 15.9 Å². The molecule has 8 heteroatoms. The highest BCUT2D eigenvalue weighted by Crippen LogP contribution is 2.21. The van der Waals surface area contributed by atoms with E-state index in [4.69, 9.17) is 10.5 Å². The number of ether oxygens (including phenoxy) is 1. The van der Waals surface area contributed by atoms with E-state index in [0.29, 0.717) is 37.6 Å². The van der Waals surface area contributed by atoms with Gasteiger partial charge >= 0.3 is 0 Å². The van der Waals surface area contributed by atoms with E-state index in [1.165, 1.54) is 16.4 Å². The minimum atomic E-state index is -3.63. The van der Waals surface area contributed by atoms with Crippen LogP contribution in [0.4, 0.5) is 5.69 Å². The van der Waals surface area contributed by atoms with Gasteiger partial charge in [0.15, 0.2) is 0 Å². The quantitative estimate of drug-likeness (QED) is 0.810. The standard InChI is InChI=1S/C19H23N3O4S/c1-14-5-7-15(8-6-14)18(20)19(23)21-16-3-2-4-17(13-16)27(24,25)22-9-11-26-12-10-22/h2-8,13,18H,9-12,20H2,1H3,(H,21,23). The maximum Gasteiger partial charge on any atom is 0.245 e. The number of nitrogens with zero attached hydrogens (tertiary/aromatic N) is 1. The number of hydrogen-bond acceptors (Lipinski definition) is 5. The van der Waals surface area contributed by atoms with Crippen LogP contribution in [0.5, 0.6) is 0 Å². The summed E-state index contributed by atoms with van der Waals surface area (Å²) in [6.45, 7) is 3.34. The average Bonchev–Trinajstić information content (AvgIpc) is 2.69. The fourth-order valence-corrected chi connectivity index (χ4v) is 4.27. The molecule has 2 aromatic carbocycles. The van der Waals surface area contributed by atoms with Gasteiger partial charge < -0.3 is 15.8 Å². The Kier molecular flexibility index (Phi) is 5.91. The van der Waals surface area contributed by atoms with Crippen molar-refractivity contribution in [2.75, 3.05) is 31.6 Å². The lowest BCUT2D eigenvalue weighted by Crippen LogP contribution is -2.40. The smallest absolute Gasteiger partial charge is 0.245 e. The van der Waals surface area contributed by atoms with Gasteiger partial charge in [0.1, 0.15) is 6.04 Å². The molecule has 0 saturated carbocycles. The lowest BCUT2D eigenvalue weighted by Gasteiger charge is -2.26. The number of carbonyl (C=O) groups is 1. The Balaban J connectivity index is 1.75. The molecule has 1 unspecified atom stereocenters. The minimum absolute atomic E-state index is 0.131. The summed E-state index contributed by atoms with van der Waals surface area (Å²) in [6, 6.07) is 12.7. The Bertz CT molecular complexity index is 907. The number of hydrogen-bond donors (Lipinski definition) is 2. The molecule has 0 bridgehead atoms. The second kappa shape index (κ2) is 8.18. The molecular formula is C19H23N3O4S. The van der Waals surface area contributed by atoms with Crippen molar-refractivity contribution in [1.29, 1.82) is 0 Å². The first kappa shape index (κ1) is 19.5. The molecule has 0 spiro atoms. The number of nitrogens with two attached hydrogens (primary N) is 1. The van der Waals surface area contributed by atoms with E-state index < -0.39 is 22.0 Å². The zero-order valence-electron chi connectivity index (χ0n) is 15.1. The van der Waals surface area contributed by atoms with Crippen LogP contribution < -0.4 is 11.1 Å². The van der Waals surface area contributed by atoms with Gasteiger partial charge in [-0.1, -0.05) is 35.9 Å². The molecule has 1 amide bonds. The van der Waals surface area contributed by atoms with E-state index in [1.807, 2.05) is 19.1 Å². The Hall–Kier alpha value is -2.26. The molecule has 1 heterocycles. The highest BCUT2D eigenvalue weighted by Gasteiger charge is 2.26. The van der Waals surface area contributed by atoms with E-state index in [1.54, 1.807) is 24.3 Å². The number of aryl methyl sites for hydroxylation is 1. The van der Waals surface area contributed by atoms with Gasteiger partial charge in [-0.05, 0) is 30.7 Å². The number of amides is 1. The summed E-state index contributed by atoms with van der Waals surface area (Å²) in [4.78, 5) is 12.6. The molecule has 0 radical (unpaired) electrons. The lowest BCUT2D eigenvalue weighted by atomic mass is 10.1. The molecule has 1 fully saturated rings. The Morgan fingerprint density at radius 1 is 1.15 bits per heavy atom. The highest BCUT2D eigenvalue weighted by atomic mass is 32.2. The second-order valence-electron chi connectivity index (χ2n) is 6.42. The predicted molar refractivity (Wildman–Crippen MR) is 103 cm³/mol. The number of anilines is 1. The Morgan fingerprint density at radius 2 is 1.81 bits per heavy atom. The minimum Gasteiger partial charge on any atom is -0.379 e. The van der Waals surface area contributed by atoms with Crippen molar-refractivity contribution in [3.05, 3.63) is 59.7 Å². The van der Waals surface area contributed by atoms with Crippen LogP contribution in [0.3, 0.4) is 0 Å².